The monoisotopic (exact) mass is 277 g/mol. The summed E-state index contributed by atoms with van der Waals surface area (Å²) in [5, 5.41) is 13.4. The highest BCUT2D eigenvalue weighted by Gasteiger charge is 2.08. The molecule has 0 spiro atoms. The first-order chi connectivity index (χ1) is 9.58. The van der Waals surface area contributed by atoms with Crippen molar-refractivity contribution in [1.29, 1.82) is 0 Å². The molecule has 7 heteroatoms. The summed E-state index contributed by atoms with van der Waals surface area (Å²) in [6.07, 6.45) is 1.69. The fourth-order valence-electron chi connectivity index (χ4n) is 1.74. The SMILES string of the molecule is CNCc1cn(CC(=O)Nc2cc(F)ccc2C)nn1. The molecule has 0 radical (unpaired) electrons. The van der Waals surface area contributed by atoms with Crippen LogP contribution in [0.15, 0.2) is 24.4 Å². The second-order valence-corrected chi connectivity index (χ2v) is 4.45. The lowest BCUT2D eigenvalue weighted by atomic mass is 10.2. The van der Waals surface area contributed by atoms with Crippen LogP contribution in [0.2, 0.25) is 0 Å². The summed E-state index contributed by atoms with van der Waals surface area (Å²) in [7, 11) is 1.80. The van der Waals surface area contributed by atoms with E-state index in [0.717, 1.165) is 11.3 Å². The minimum absolute atomic E-state index is 0.0344. The van der Waals surface area contributed by atoms with Gasteiger partial charge in [-0.15, -0.1) is 5.10 Å². The lowest BCUT2D eigenvalue weighted by molar-refractivity contribution is -0.116. The topological polar surface area (TPSA) is 71.8 Å². The first-order valence-corrected chi connectivity index (χ1v) is 6.18. The van der Waals surface area contributed by atoms with Crippen LogP contribution in [-0.4, -0.2) is 27.9 Å². The number of rotatable bonds is 5. The van der Waals surface area contributed by atoms with Crippen LogP contribution in [0.5, 0.6) is 0 Å². The molecule has 2 aromatic rings. The number of anilines is 1. The zero-order valence-electron chi connectivity index (χ0n) is 11.4. The largest absolute Gasteiger partial charge is 0.324 e. The Morgan fingerprint density at radius 1 is 1.45 bits per heavy atom. The van der Waals surface area contributed by atoms with Gasteiger partial charge in [-0.2, -0.15) is 0 Å². The van der Waals surface area contributed by atoms with Gasteiger partial charge in [0.25, 0.3) is 0 Å². The van der Waals surface area contributed by atoms with Gasteiger partial charge in [-0.05, 0) is 31.7 Å². The zero-order chi connectivity index (χ0) is 14.5. The number of benzene rings is 1. The summed E-state index contributed by atoms with van der Waals surface area (Å²) >= 11 is 0. The van der Waals surface area contributed by atoms with Gasteiger partial charge < -0.3 is 10.6 Å². The Morgan fingerprint density at radius 2 is 2.25 bits per heavy atom. The second kappa shape index (κ2) is 6.25. The van der Waals surface area contributed by atoms with Gasteiger partial charge in [-0.25, -0.2) is 9.07 Å². The van der Waals surface area contributed by atoms with Gasteiger partial charge >= 0.3 is 0 Å². The van der Waals surface area contributed by atoms with Crippen LogP contribution in [0, 0.1) is 12.7 Å². The second-order valence-electron chi connectivity index (χ2n) is 4.45. The van der Waals surface area contributed by atoms with Crippen LogP contribution < -0.4 is 10.6 Å². The van der Waals surface area contributed by atoms with Gasteiger partial charge in [0.2, 0.25) is 5.91 Å². The van der Waals surface area contributed by atoms with E-state index < -0.39 is 0 Å². The molecule has 0 fully saturated rings. The predicted molar refractivity (Wildman–Crippen MR) is 72.6 cm³/mol. The molecule has 0 aliphatic carbocycles. The van der Waals surface area contributed by atoms with Crippen molar-refractivity contribution in [3.8, 4) is 0 Å². The fourth-order valence-corrected chi connectivity index (χ4v) is 1.74. The smallest absolute Gasteiger partial charge is 0.246 e. The summed E-state index contributed by atoms with van der Waals surface area (Å²) in [5.41, 5.74) is 2.02. The van der Waals surface area contributed by atoms with Crippen molar-refractivity contribution in [2.24, 2.45) is 0 Å². The Morgan fingerprint density at radius 3 is 3.00 bits per heavy atom. The molecular formula is C13H16FN5O. The van der Waals surface area contributed by atoms with Gasteiger partial charge in [0.05, 0.1) is 11.9 Å². The van der Waals surface area contributed by atoms with E-state index in [-0.39, 0.29) is 18.3 Å². The number of carbonyl (C=O) groups excluding carboxylic acids is 1. The number of amides is 1. The van der Waals surface area contributed by atoms with Crippen LogP contribution >= 0.6 is 0 Å². The molecule has 0 saturated heterocycles. The standard InChI is InChI=1S/C13H16FN5O/c1-9-3-4-10(14)5-12(9)16-13(20)8-19-7-11(6-15-2)17-18-19/h3-5,7,15H,6,8H2,1-2H3,(H,16,20). The normalized spacial score (nSPS) is 10.6. The molecule has 0 saturated carbocycles. The number of aryl methyl sites for hydroxylation is 1. The molecule has 1 aromatic carbocycles. The molecule has 0 atom stereocenters. The van der Waals surface area contributed by atoms with Gasteiger partial charge in [0, 0.05) is 12.2 Å². The molecular weight excluding hydrogens is 261 g/mol. The number of halogens is 1. The van der Waals surface area contributed by atoms with E-state index in [1.165, 1.54) is 16.8 Å². The van der Waals surface area contributed by atoms with E-state index in [1.807, 2.05) is 0 Å². The van der Waals surface area contributed by atoms with Crippen LogP contribution in [0.1, 0.15) is 11.3 Å². The maximum absolute atomic E-state index is 13.1. The average Bonchev–Trinajstić information content (AvgIpc) is 2.81. The van der Waals surface area contributed by atoms with Gasteiger partial charge in [0.1, 0.15) is 12.4 Å². The highest BCUT2D eigenvalue weighted by Crippen LogP contribution is 2.15. The van der Waals surface area contributed by atoms with Crippen molar-refractivity contribution in [3.63, 3.8) is 0 Å². The van der Waals surface area contributed by atoms with Crippen molar-refractivity contribution >= 4 is 11.6 Å². The number of hydrogen-bond donors (Lipinski definition) is 2. The van der Waals surface area contributed by atoms with Gasteiger partial charge in [-0.1, -0.05) is 11.3 Å². The Bertz CT molecular complexity index is 611. The zero-order valence-corrected chi connectivity index (χ0v) is 11.4. The molecule has 6 nitrogen and oxygen atoms in total. The van der Waals surface area contributed by atoms with Crippen LogP contribution in [0.3, 0.4) is 0 Å². The molecule has 2 N–H and O–H groups in total. The van der Waals surface area contributed by atoms with Crippen molar-refractivity contribution < 1.29 is 9.18 Å². The summed E-state index contributed by atoms with van der Waals surface area (Å²) in [4.78, 5) is 11.9. The van der Waals surface area contributed by atoms with Gasteiger partial charge in [0.15, 0.2) is 0 Å². The van der Waals surface area contributed by atoms with E-state index in [4.69, 9.17) is 0 Å². The summed E-state index contributed by atoms with van der Waals surface area (Å²) in [6.45, 7) is 2.42. The molecule has 1 amide bonds. The highest BCUT2D eigenvalue weighted by molar-refractivity contribution is 5.91. The Balaban J connectivity index is 1.99. The third-order valence-corrected chi connectivity index (χ3v) is 2.72. The molecule has 1 heterocycles. The number of nitrogens with one attached hydrogen (secondary N) is 2. The number of hydrogen-bond acceptors (Lipinski definition) is 4. The predicted octanol–water partition coefficient (Wildman–Crippen LogP) is 1.08. The Hall–Kier alpha value is -2.28. The maximum atomic E-state index is 13.1. The minimum atomic E-state index is -0.386. The molecule has 106 valence electrons. The van der Waals surface area contributed by atoms with Crippen molar-refractivity contribution in [2.75, 3.05) is 12.4 Å². The van der Waals surface area contributed by atoms with Crippen LogP contribution in [0.4, 0.5) is 10.1 Å². The number of aromatic nitrogens is 3. The maximum Gasteiger partial charge on any atom is 0.246 e. The first-order valence-electron chi connectivity index (χ1n) is 6.18. The molecule has 1 aromatic heterocycles. The summed E-state index contributed by atoms with van der Waals surface area (Å²) < 4.78 is 14.6. The van der Waals surface area contributed by atoms with Crippen LogP contribution in [0.25, 0.3) is 0 Å². The minimum Gasteiger partial charge on any atom is -0.324 e. The molecule has 0 aliphatic heterocycles. The third-order valence-electron chi connectivity index (χ3n) is 2.72. The Kier molecular flexibility index (Phi) is 4.41. The molecule has 0 bridgehead atoms. The number of nitrogens with zero attached hydrogens (tertiary/aromatic N) is 3. The molecule has 0 unspecified atom stereocenters. The quantitative estimate of drug-likeness (QED) is 0.858. The van der Waals surface area contributed by atoms with E-state index >= 15 is 0 Å². The van der Waals surface area contributed by atoms with Gasteiger partial charge in [-0.3, -0.25) is 4.79 Å². The molecule has 20 heavy (non-hydrogen) atoms. The molecule has 2 rings (SSSR count). The lowest BCUT2D eigenvalue weighted by Crippen LogP contribution is -2.19. The first kappa shape index (κ1) is 14.1. The van der Waals surface area contributed by atoms with E-state index in [0.29, 0.717) is 12.2 Å². The summed E-state index contributed by atoms with van der Waals surface area (Å²) in [6, 6.07) is 4.26. The van der Waals surface area contributed by atoms with E-state index in [1.54, 1.807) is 26.2 Å². The van der Waals surface area contributed by atoms with Crippen molar-refractivity contribution in [1.82, 2.24) is 20.3 Å². The average molecular weight is 277 g/mol. The molecule has 0 aliphatic rings. The van der Waals surface area contributed by atoms with E-state index in [2.05, 4.69) is 20.9 Å². The summed E-state index contributed by atoms with van der Waals surface area (Å²) in [5.74, 6) is -0.664. The van der Waals surface area contributed by atoms with Crippen molar-refractivity contribution in [2.45, 2.75) is 20.0 Å². The Labute approximate surface area is 116 Å². The fraction of sp³-hybridized carbons (Fsp3) is 0.308. The van der Waals surface area contributed by atoms with Crippen molar-refractivity contribution in [3.05, 3.63) is 41.5 Å². The lowest BCUT2D eigenvalue weighted by Gasteiger charge is -2.08. The van der Waals surface area contributed by atoms with E-state index in [9.17, 15) is 9.18 Å². The number of carbonyl (C=O) groups is 1. The van der Waals surface area contributed by atoms with Crippen LogP contribution in [-0.2, 0) is 17.9 Å². The highest BCUT2D eigenvalue weighted by atomic mass is 19.1. The third kappa shape index (κ3) is 3.61.